The molecule has 0 fully saturated rings. The number of nitrogens with zero attached hydrogens (tertiary/aromatic N) is 3. The van der Waals surface area contributed by atoms with E-state index in [0.717, 1.165) is 24.2 Å². The SMILES string of the molecule is Cn1nnc2c1CCC(NC(=O)c1ccc(OCC(=O)O)cc1)C2. The number of ether oxygens (including phenoxy) is 1. The van der Waals surface area contributed by atoms with Crippen molar-refractivity contribution in [3.05, 3.63) is 41.2 Å². The number of fused-ring (bicyclic) bond motifs is 1. The summed E-state index contributed by atoms with van der Waals surface area (Å²) in [6.07, 6.45) is 2.36. The summed E-state index contributed by atoms with van der Waals surface area (Å²) >= 11 is 0. The number of nitrogens with one attached hydrogen (secondary N) is 1. The molecule has 0 saturated heterocycles. The number of aryl methyl sites for hydroxylation is 1. The molecule has 0 radical (unpaired) electrons. The van der Waals surface area contributed by atoms with Gasteiger partial charge in [0.25, 0.3) is 5.91 Å². The average Bonchev–Trinajstić information content (AvgIpc) is 2.94. The van der Waals surface area contributed by atoms with Gasteiger partial charge >= 0.3 is 5.97 Å². The lowest BCUT2D eigenvalue weighted by Crippen LogP contribution is -2.39. The van der Waals surface area contributed by atoms with Crippen molar-refractivity contribution in [3.8, 4) is 5.75 Å². The predicted molar refractivity (Wildman–Crippen MR) is 83.9 cm³/mol. The number of amides is 1. The number of hydrogen-bond donors (Lipinski definition) is 2. The Bertz CT molecular complexity index is 754. The summed E-state index contributed by atoms with van der Waals surface area (Å²) in [5, 5.41) is 19.7. The summed E-state index contributed by atoms with van der Waals surface area (Å²) in [5.41, 5.74) is 2.56. The molecular weight excluding hydrogens is 312 g/mol. The number of carboxylic acids is 1. The number of carbonyl (C=O) groups excluding carboxylic acids is 1. The highest BCUT2D eigenvalue weighted by Crippen LogP contribution is 2.19. The van der Waals surface area contributed by atoms with Crippen molar-refractivity contribution in [1.82, 2.24) is 20.3 Å². The van der Waals surface area contributed by atoms with Crippen molar-refractivity contribution in [2.45, 2.75) is 25.3 Å². The quantitative estimate of drug-likeness (QED) is 0.830. The molecule has 1 amide bonds. The average molecular weight is 330 g/mol. The van der Waals surface area contributed by atoms with Crippen LogP contribution >= 0.6 is 0 Å². The molecule has 2 N–H and O–H groups in total. The lowest BCUT2D eigenvalue weighted by atomic mass is 9.95. The van der Waals surface area contributed by atoms with Crippen molar-refractivity contribution in [2.24, 2.45) is 7.05 Å². The Morgan fingerprint density at radius 2 is 2.12 bits per heavy atom. The first-order chi connectivity index (χ1) is 11.5. The van der Waals surface area contributed by atoms with Crippen LogP contribution in [0.25, 0.3) is 0 Å². The van der Waals surface area contributed by atoms with Gasteiger partial charge in [-0.25, -0.2) is 4.79 Å². The van der Waals surface area contributed by atoms with Crippen LogP contribution in [0.2, 0.25) is 0 Å². The monoisotopic (exact) mass is 330 g/mol. The summed E-state index contributed by atoms with van der Waals surface area (Å²) in [7, 11) is 1.87. The minimum atomic E-state index is -1.04. The summed E-state index contributed by atoms with van der Waals surface area (Å²) in [4.78, 5) is 22.8. The Morgan fingerprint density at radius 3 is 2.83 bits per heavy atom. The summed E-state index contributed by atoms with van der Waals surface area (Å²) in [6, 6.07) is 6.43. The molecule has 0 spiro atoms. The second-order valence-electron chi connectivity index (χ2n) is 5.73. The third-order valence-electron chi connectivity index (χ3n) is 4.01. The van der Waals surface area contributed by atoms with Crippen molar-refractivity contribution in [3.63, 3.8) is 0 Å². The largest absolute Gasteiger partial charge is 0.482 e. The fraction of sp³-hybridized carbons (Fsp3) is 0.375. The molecule has 1 aliphatic rings. The fourth-order valence-corrected chi connectivity index (χ4v) is 2.77. The van der Waals surface area contributed by atoms with Crippen LogP contribution in [0.3, 0.4) is 0 Å². The minimum Gasteiger partial charge on any atom is -0.482 e. The zero-order valence-corrected chi connectivity index (χ0v) is 13.2. The first-order valence-electron chi connectivity index (χ1n) is 7.66. The van der Waals surface area contributed by atoms with E-state index in [-0.39, 0.29) is 11.9 Å². The van der Waals surface area contributed by atoms with Crippen LogP contribution in [-0.4, -0.2) is 44.6 Å². The standard InChI is InChI=1S/C16H18N4O4/c1-20-14-7-4-11(8-13(14)18-19-20)17-16(23)10-2-5-12(6-3-10)24-9-15(21)22/h2-3,5-6,11H,4,7-9H2,1H3,(H,17,23)(H,21,22). The molecular formula is C16H18N4O4. The molecule has 0 saturated carbocycles. The Labute approximate surface area is 138 Å². The maximum Gasteiger partial charge on any atom is 0.341 e. The number of aliphatic carboxylic acids is 1. The van der Waals surface area contributed by atoms with Crippen molar-refractivity contribution < 1.29 is 19.4 Å². The van der Waals surface area contributed by atoms with Crippen molar-refractivity contribution in [2.75, 3.05) is 6.61 Å². The molecule has 8 nitrogen and oxygen atoms in total. The van der Waals surface area contributed by atoms with Crippen LogP contribution in [0.5, 0.6) is 5.75 Å². The highest BCUT2D eigenvalue weighted by molar-refractivity contribution is 5.94. The predicted octanol–water partition coefficient (Wildman–Crippen LogP) is 0.566. The normalized spacial score (nSPS) is 16.3. The van der Waals surface area contributed by atoms with Gasteiger partial charge in [0.2, 0.25) is 0 Å². The first kappa shape index (κ1) is 16.0. The lowest BCUT2D eigenvalue weighted by Gasteiger charge is -2.22. The van der Waals surface area contributed by atoms with E-state index >= 15 is 0 Å². The lowest BCUT2D eigenvalue weighted by molar-refractivity contribution is -0.139. The molecule has 1 aromatic carbocycles. The molecule has 8 heteroatoms. The second-order valence-corrected chi connectivity index (χ2v) is 5.73. The number of carbonyl (C=O) groups is 2. The van der Waals surface area contributed by atoms with Gasteiger partial charge in [-0.2, -0.15) is 0 Å². The van der Waals surface area contributed by atoms with E-state index in [1.807, 2.05) is 7.05 Å². The zero-order valence-electron chi connectivity index (χ0n) is 13.2. The molecule has 0 bridgehead atoms. The molecule has 1 unspecified atom stereocenters. The molecule has 1 aromatic heterocycles. The third-order valence-corrected chi connectivity index (χ3v) is 4.01. The van der Waals surface area contributed by atoms with Gasteiger partial charge in [0.05, 0.1) is 11.4 Å². The molecule has 1 aliphatic carbocycles. The fourth-order valence-electron chi connectivity index (χ4n) is 2.77. The number of aromatic nitrogens is 3. The topological polar surface area (TPSA) is 106 Å². The molecule has 1 atom stereocenters. The number of benzene rings is 1. The van der Waals surface area contributed by atoms with Gasteiger partial charge in [0.1, 0.15) is 5.75 Å². The van der Waals surface area contributed by atoms with Gasteiger partial charge in [0.15, 0.2) is 6.61 Å². The van der Waals surface area contributed by atoms with Crippen LogP contribution < -0.4 is 10.1 Å². The molecule has 2 aromatic rings. The van der Waals surface area contributed by atoms with Gasteiger partial charge in [-0.1, -0.05) is 5.21 Å². The van der Waals surface area contributed by atoms with Crippen LogP contribution in [0.15, 0.2) is 24.3 Å². The smallest absolute Gasteiger partial charge is 0.341 e. The summed E-state index contributed by atoms with van der Waals surface area (Å²) in [5.74, 6) is -0.801. The van der Waals surface area contributed by atoms with E-state index in [9.17, 15) is 9.59 Å². The Hall–Kier alpha value is -2.90. The molecule has 24 heavy (non-hydrogen) atoms. The zero-order chi connectivity index (χ0) is 17.1. The maximum absolute atomic E-state index is 12.3. The number of carboxylic acid groups (broad SMARTS) is 1. The van der Waals surface area contributed by atoms with E-state index in [1.54, 1.807) is 28.9 Å². The van der Waals surface area contributed by atoms with Gasteiger partial charge in [0, 0.05) is 25.1 Å². The molecule has 1 heterocycles. The highest BCUT2D eigenvalue weighted by atomic mass is 16.5. The highest BCUT2D eigenvalue weighted by Gasteiger charge is 2.24. The molecule has 0 aliphatic heterocycles. The van der Waals surface area contributed by atoms with Crippen LogP contribution in [-0.2, 0) is 24.7 Å². The van der Waals surface area contributed by atoms with E-state index in [1.165, 1.54) is 0 Å². The minimum absolute atomic E-state index is 0.0321. The third kappa shape index (κ3) is 3.53. The second kappa shape index (κ2) is 6.69. The van der Waals surface area contributed by atoms with Crippen LogP contribution in [0.4, 0.5) is 0 Å². The Morgan fingerprint density at radius 1 is 1.38 bits per heavy atom. The van der Waals surface area contributed by atoms with Gasteiger partial charge < -0.3 is 15.2 Å². The van der Waals surface area contributed by atoms with E-state index in [4.69, 9.17) is 9.84 Å². The van der Waals surface area contributed by atoms with Crippen molar-refractivity contribution in [1.29, 1.82) is 0 Å². The Kier molecular flexibility index (Phi) is 4.45. The maximum atomic E-state index is 12.3. The van der Waals surface area contributed by atoms with E-state index in [2.05, 4.69) is 15.6 Å². The number of rotatable bonds is 5. The summed E-state index contributed by atoms with van der Waals surface area (Å²) in [6.45, 7) is -0.409. The van der Waals surface area contributed by atoms with Crippen molar-refractivity contribution >= 4 is 11.9 Å². The van der Waals surface area contributed by atoms with Crippen LogP contribution in [0, 0.1) is 0 Å². The van der Waals surface area contributed by atoms with E-state index in [0.29, 0.717) is 17.7 Å². The summed E-state index contributed by atoms with van der Waals surface area (Å²) < 4.78 is 6.83. The Balaban J connectivity index is 1.58. The van der Waals surface area contributed by atoms with E-state index < -0.39 is 12.6 Å². The van der Waals surface area contributed by atoms with Gasteiger partial charge in [-0.05, 0) is 37.1 Å². The number of hydrogen-bond acceptors (Lipinski definition) is 5. The van der Waals surface area contributed by atoms with Gasteiger partial charge in [-0.15, -0.1) is 5.10 Å². The van der Waals surface area contributed by atoms with Crippen LogP contribution in [0.1, 0.15) is 28.2 Å². The first-order valence-corrected chi connectivity index (χ1v) is 7.66. The molecule has 3 rings (SSSR count). The molecule has 126 valence electrons. The van der Waals surface area contributed by atoms with Gasteiger partial charge in [-0.3, -0.25) is 9.48 Å².